The molecule has 0 radical (unpaired) electrons. The fraction of sp³-hybridized carbons (Fsp3) is 0.438. The Balaban J connectivity index is 1.64. The average molecular weight is 290 g/mol. The summed E-state index contributed by atoms with van der Waals surface area (Å²) >= 11 is 0. The van der Waals surface area contributed by atoms with Crippen molar-refractivity contribution >= 4 is 0 Å². The molecular weight excluding hydrogens is 271 g/mol. The molecule has 112 valence electrons. The molecule has 0 spiro atoms. The summed E-state index contributed by atoms with van der Waals surface area (Å²) in [6, 6.07) is 6.11. The van der Waals surface area contributed by atoms with Gasteiger partial charge in [0.25, 0.3) is 0 Å². The lowest BCUT2D eigenvalue weighted by atomic mass is 10.0. The highest BCUT2D eigenvalue weighted by atomic mass is 19.1. The number of oxazole rings is 1. The third-order valence-corrected chi connectivity index (χ3v) is 4.02. The van der Waals surface area contributed by atoms with Gasteiger partial charge in [0.1, 0.15) is 12.1 Å². The third kappa shape index (κ3) is 3.31. The SMILES string of the molecule is CC(O)C1CCN(Cc2coc(-c3ccc(F)cc3)n2)C1. The monoisotopic (exact) mass is 290 g/mol. The van der Waals surface area contributed by atoms with E-state index in [2.05, 4.69) is 9.88 Å². The smallest absolute Gasteiger partial charge is 0.226 e. The number of rotatable bonds is 4. The topological polar surface area (TPSA) is 49.5 Å². The summed E-state index contributed by atoms with van der Waals surface area (Å²) in [5.41, 5.74) is 1.63. The number of aliphatic hydroxyl groups is 1. The minimum Gasteiger partial charge on any atom is -0.444 e. The Morgan fingerprint density at radius 3 is 2.86 bits per heavy atom. The van der Waals surface area contributed by atoms with Gasteiger partial charge in [0.15, 0.2) is 0 Å². The van der Waals surface area contributed by atoms with Crippen molar-refractivity contribution in [1.29, 1.82) is 0 Å². The van der Waals surface area contributed by atoms with E-state index >= 15 is 0 Å². The van der Waals surface area contributed by atoms with Gasteiger partial charge >= 0.3 is 0 Å². The quantitative estimate of drug-likeness (QED) is 0.940. The van der Waals surface area contributed by atoms with Gasteiger partial charge in [-0.1, -0.05) is 0 Å². The Kier molecular flexibility index (Phi) is 4.03. The van der Waals surface area contributed by atoms with Crippen LogP contribution in [0.4, 0.5) is 4.39 Å². The molecule has 1 aromatic carbocycles. The zero-order valence-corrected chi connectivity index (χ0v) is 12.0. The van der Waals surface area contributed by atoms with Crippen LogP contribution in [0.5, 0.6) is 0 Å². The second-order valence-electron chi connectivity index (χ2n) is 5.68. The maximum absolute atomic E-state index is 12.9. The van der Waals surface area contributed by atoms with Crippen LogP contribution in [-0.2, 0) is 6.54 Å². The number of hydrogen-bond acceptors (Lipinski definition) is 4. The standard InChI is InChI=1S/C16H19FN2O2/c1-11(20)13-6-7-19(8-13)9-15-10-21-16(18-15)12-2-4-14(17)5-3-12/h2-5,10-11,13,20H,6-9H2,1H3. The zero-order valence-electron chi connectivity index (χ0n) is 12.0. The van der Waals surface area contributed by atoms with Crippen LogP contribution in [0.15, 0.2) is 34.9 Å². The van der Waals surface area contributed by atoms with Gasteiger partial charge in [0, 0.05) is 18.7 Å². The van der Waals surface area contributed by atoms with E-state index in [0.29, 0.717) is 18.4 Å². The minimum absolute atomic E-state index is 0.262. The molecule has 0 amide bonds. The maximum atomic E-state index is 12.9. The van der Waals surface area contributed by atoms with Gasteiger partial charge in [-0.3, -0.25) is 4.90 Å². The van der Waals surface area contributed by atoms with Gasteiger partial charge < -0.3 is 9.52 Å². The second kappa shape index (κ2) is 5.95. The molecule has 0 bridgehead atoms. The lowest BCUT2D eigenvalue weighted by Crippen LogP contribution is -2.24. The molecule has 21 heavy (non-hydrogen) atoms. The van der Waals surface area contributed by atoms with Crippen LogP contribution in [0.1, 0.15) is 19.0 Å². The summed E-state index contributed by atoms with van der Waals surface area (Å²) in [6.07, 6.45) is 2.40. The molecule has 2 aromatic rings. The van der Waals surface area contributed by atoms with E-state index in [4.69, 9.17) is 4.42 Å². The maximum Gasteiger partial charge on any atom is 0.226 e. The molecule has 5 heteroatoms. The first-order valence-electron chi connectivity index (χ1n) is 7.22. The molecule has 0 aliphatic carbocycles. The number of nitrogens with zero attached hydrogens (tertiary/aromatic N) is 2. The molecule has 0 saturated carbocycles. The average Bonchev–Trinajstić information content (AvgIpc) is 3.10. The number of benzene rings is 1. The minimum atomic E-state index is -0.272. The fourth-order valence-corrected chi connectivity index (χ4v) is 2.73. The highest BCUT2D eigenvalue weighted by Gasteiger charge is 2.26. The predicted octanol–water partition coefficient (Wildman–Crippen LogP) is 2.68. The normalized spacial score (nSPS) is 20.8. The van der Waals surface area contributed by atoms with Gasteiger partial charge in [-0.15, -0.1) is 0 Å². The Morgan fingerprint density at radius 2 is 2.19 bits per heavy atom. The Morgan fingerprint density at radius 1 is 1.43 bits per heavy atom. The molecule has 1 saturated heterocycles. The van der Waals surface area contributed by atoms with Crippen LogP contribution >= 0.6 is 0 Å². The molecular formula is C16H19FN2O2. The summed E-state index contributed by atoms with van der Waals surface area (Å²) in [5.74, 6) is 0.580. The molecule has 1 fully saturated rings. The van der Waals surface area contributed by atoms with Gasteiger partial charge in [-0.25, -0.2) is 9.37 Å². The van der Waals surface area contributed by atoms with Crippen LogP contribution in [-0.4, -0.2) is 34.2 Å². The molecule has 1 aromatic heterocycles. The first kappa shape index (κ1) is 14.2. The number of halogens is 1. The van der Waals surface area contributed by atoms with Crippen LogP contribution in [0.25, 0.3) is 11.5 Å². The van der Waals surface area contributed by atoms with Crippen molar-refractivity contribution in [3.63, 3.8) is 0 Å². The Hall–Kier alpha value is -1.72. The second-order valence-corrected chi connectivity index (χ2v) is 5.68. The molecule has 4 nitrogen and oxygen atoms in total. The van der Waals surface area contributed by atoms with E-state index in [9.17, 15) is 9.50 Å². The summed E-state index contributed by atoms with van der Waals surface area (Å²) in [4.78, 5) is 6.72. The molecule has 2 atom stereocenters. The van der Waals surface area contributed by atoms with Gasteiger partial charge in [0.05, 0.1) is 11.8 Å². The predicted molar refractivity (Wildman–Crippen MR) is 77.0 cm³/mol. The molecule has 1 aliphatic rings. The van der Waals surface area contributed by atoms with E-state index in [1.807, 2.05) is 6.92 Å². The van der Waals surface area contributed by atoms with Crippen LogP contribution < -0.4 is 0 Å². The number of likely N-dealkylation sites (tertiary alicyclic amines) is 1. The molecule has 3 rings (SSSR count). The number of hydrogen-bond donors (Lipinski definition) is 1. The summed E-state index contributed by atoms with van der Waals surface area (Å²) < 4.78 is 18.4. The van der Waals surface area contributed by atoms with E-state index < -0.39 is 0 Å². The van der Waals surface area contributed by atoms with Gasteiger partial charge in [-0.2, -0.15) is 0 Å². The molecule has 2 unspecified atom stereocenters. The highest BCUT2D eigenvalue weighted by Crippen LogP contribution is 2.23. The molecule has 1 N–H and O–H groups in total. The van der Waals surface area contributed by atoms with Crippen LogP contribution in [0, 0.1) is 11.7 Å². The summed E-state index contributed by atoms with van der Waals surface area (Å²) in [7, 11) is 0. The molecule has 1 aliphatic heterocycles. The van der Waals surface area contributed by atoms with E-state index in [1.165, 1.54) is 12.1 Å². The zero-order chi connectivity index (χ0) is 14.8. The largest absolute Gasteiger partial charge is 0.444 e. The van der Waals surface area contributed by atoms with E-state index in [0.717, 1.165) is 30.8 Å². The van der Waals surface area contributed by atoms with Crippen molar-refractivity contribution in [2.45, 2.75) is 26.0 Å². The van der Waals surface area contributed by atoms with Crippen LogP contribution in [0.3, 0.4) is 0 Å². The van der Waals surface area contributed by atoms with Gasteiger partial charge in [-0.05, 0) is 50.1 Å². The van der Waals surface area contributed by atoms with Crippen molar-refractivity contribution in [2.75, 3.05) is 13.1 Å². The summed E-state index contributed by atoms with van der Waals surface area (Å²) in [5, 5.41) is 9.62. The first-order chi connectivity index (χ1) is 10.1. The number of aliphatic hydroxyl groups excluding tert-OH is 1. The Labute approximate surface area is 123 Å². The fourth-order valence-electron chi connectivity index (χ4n) is 2.73. The van der Waals surface area contributed by atoms with Crippen LogP contribution in [0.2, 0.25) is 0 Å². The van der Waals surface area contributed by atoms with Crippen molar-refractivity contribution in [2.24, 2.45) is 5.92 Å². The Bertz CT molecular complexity index is 595. The van der Waals surface area contributed by atoms with Crippen molar-refractivity contribution in [3.05, 3.63) is 42.0 Å². The van der Waals surface area contributed by atoms with E-state index in [-0.39, 0.29) is 11.9 Å². The third-order valence-electron chi connectivity index (χ3n) is 4.02. The van der Waals surface area contributed by atoms with Crippen molar-refractivity contribution in [3.8, 4) is 11.5 Å². The summed E-state index contributed by atoms with van der Waals surface area (Å²) in [6.45, 7) is 4.41. The van der Waals surface area contributed by atoms with Gasteiger partial charge in [0.2, 0.25) is 5.89 Å². The lowest BCUT2D eigenvalue weighted by molar-refractivity contribution is 0.127. The lowest BCUT2D eigenvalue weighted by Gasteiger charge is -2.15. The first-order valence-corrected chi connectivity index (χ1v) is 7.22. The molecule has 2 heterocycles. The van der Waals surface area contributed by atoms with Crippen molar-refractivity contribution < 1.29 is 13.9 Å². The highest BCUT2D eigenvalue weighted by molar-refractivity contribution is 5.52. The van der Waals surface area contributed by atoms with E-state index in [1.54, 1.807) is 18.4 Å². The van der Waals surface area contributed by atoms with Crippen molar-refractivity contribution in [1.82, 2.24) is 9.88 Å². The number of aromatic nitrogens is 1.